The standard InChI is InChI=1S/C14H12FNO2S/c1-18-14(17)9-5-6-12(16)13(7-9)19-11-4-2-3-10(15)8-11/h2-8H,16H2,1H3. The Balaban J connectivity index is 2.31. The van der Waals surface area contributed by atoms with Gasteiger partial charge in [-0.25, -0.2) is 9.18 Å². The second-order valence-corrected chi connectivity index (χ2v) is 4.92. The van der Waals surface area contributed by atoms with Gasteiger partial charge in [-0.2, -0.15) is 0 Å². The van der Waals surface area contributed by atoms with E-state index in [2.05, 4.69) is 4.74 Å². The van der Waals surface area contributed by atoms with Crippen LogP contribution < -0.4 is 5.73 Å². The van der Waals surface area contributed by atoms with E-state index < -0.39 is 5.97 Å². The first-order valence-electron chi connectivity index (χ1n) is 5.51. The summed E-state index contributed by atoms with van der Waals surface area (Å²) in [5.41, 5.74) is 6.79. The highest BCUT2D eigenvalue weighted by atomic mass is 32.2. The van der Waals surface area contributed by atoms with Crippen molar-refractivity contribution >= 4 is 23.4 Å². The number of nitrogen functional groups attached to an aromatic ring is 1. The smallest absolute Gasteiger partial charge is 0.337 e. The summed E-state index contributed by atoms with van der Waals surface area (Å²) in [5.74, 6) is -0.742. The highest BCUT2D eigenvalue weighted by Crippen LogP contribution is 2.33. The van der Waals surface area contributed by atoms with Gasteiger partial charge in [0.1, 0.15) is 5.82 Å². The maximum atomic E-state index is 13.1. The maximum Gasteiger partial charge on any atom is 0.337 e. The van der Waals surface area contributed by atoms with Crippen LogP contribution in [-0.2, 0) is 4.74 Å². The molecule has 0 fully saturated rings. The number of esters is 1. The summed E-state index contributed by atoms with van der Waals surface area (Å²) in [6.07, 6.45) is 0. The van der Waals surface area contributed by atoms with Gasteiger partial charge in [0.25, 0.3) is 0 Å². The van der Waals surface area contributed by atoms with Crippen LogP contribution in [-0.4, -0.2) is 13.1 Å². The van der Waals surface area contributed by atoms with Crippen molar-refractivity contribution in [2.45, 2.75) is 9.79 Å². The molecular formula is C14H12FNO2S. The molecule has 2 rings (SSSR count). The Kier molecular flexibility index (Phi) is 4.06. The Morgan fingerprint density at radius 1 is 1.26 bits per heavy atom. The third kappa shape index (κ3) is 3.26. The number of benzene rings is 2. The van der Waals surface area contributed by atoms with Crippen molar-refractivity contribution in [3.8, 4) is 0 Å². The zero-order valence-corrected chi connectivity index (χ0v) is 11.0. The number of anilines is 1. The van der Waals surface area contributed by atoms with Crippen LogP contribution in [0.15, 0.2) is 52.3 Å². The van der Waals surface area contributed by atoms with E-state index >= 15 is 0 Å². The Morgan fingerprint density at radius 2 is 2.05 bits per heavy atom. The maximum absolute atomic E-state index is 13.1. The predicted molar refractivity (Wildman–Crippen MR) is 72.7 cm³/mol. The summed E-state index contributed by atoms with van der Waals surface area (Å²) in [4.78, 5) is 12.9. The monoisotopic (exact) mass is 277 g/mol. The number of ether oxygens (including phenoxy) is 1. The molecule has 0 radical (unpaired) electrons. The first kappa shape index (κ1) is 13.4. The van der Waals surface area contributed by atoms with Crippen molar-refractivity contribution in [1.29, 1.82) is 0 Å². The quantitative estimate of drug-likeness (QED) is 0.690. The fourth-order valence-corrected chi connectivity index (χ4v) is 2.47. The van der Waals surface area contributed by atoms with Crippen LogP contribution in [0.25, 0.3) is 0 Å². The van der Waals surface area contributed by atoms with E-state index in [9.17, 15) is 9.18 Å². The topological polar surface area (TPSA) is 52.3 Å². The zero-order valence-electron chi connectivity index (χ0n) is 10.2. The Morgan fingerprint density at radius 3 is 2.74 bits per heavy atom. The van der Waals surface area contributed by atoms with Crippen LogP contribution in [0.5, 0.6) is 0 Å². The highest BCUT2D eigenvalue weighted by Gasteiger charge is 2.09. The average Bonchev–Trinajstić information content (AvgIpc) is 2.40. The molecule has 0 aliphatic carbocycles. The van der Waals surface area contributed by atoms with Crippen molar-refractivity contribution < 1.29 is 13.9 Å². The lowest BCUT2D eigenvalue weighted by Gasteiger charge is -2.07. The van der Waals surface area contributed by atoms with E-state index in [-0.39, 0.29) is 5.82 Å². The Hall–Kier alpha value is -2.01. The van der Waals surface area contributed by atoms with Crippen LogP contribution in [0.4, 0.5) is 10.1 Å². The van der Waals surface area contributed by atoms with Crippen molar-refractivity contribution in [2.75, 3.05) is 12.8 Å². The van der Waals surface area contributed by atoms with Crippen molar-refractivity contribution in [3.63, 3.8) is 0 Å². The minimum absolute atomic E-state index is 0.312. The lowest BCUT2D eigenvalue weighted by molar-refractivity contribution is 0.0600. The third-order valence-electron chi connectivity index (χ3n) is 2.46. The van der Waals surface area contributed by atoms with Gasteiger partial charge in [0.15, 0.2) is 0 Å². The van der Waals surface area contributed by atoms with E-state index in [0.29, 0.717) is 21.0 Å². The molecule has 2 aromatic carbocycles. The number of hydrogen-bond acceptors (Lipinski definition) is 4. The van der Waals surface area contributed by atoms with E-state index in [1.807, 2.05) is 0 Å². The summed E-state index contributed by atoms with van der Waals surface area (Å²) in [6, 6.07) is 11.0. The highest BCUT2D eigenvalue weighted by molar-refractivity contribution is 7.99. The number of carbonyl (C=O) groups is 1. The molecule has 0 saturated heterocycles. The van der Waals surface area contributed by atoms with Crippen LogP contribution in [0.1, 0.15) is 10.4 Å². The normalized spacial score (nSPS) is 10.2. The van der Waals surface area contributed by atoms with Gasteiger partial charge in [-0.1, -0.05) is 17.8 Å². The Labute approximate surface area is 114 Å². The molecule has 0 aliphatic heterocycles. The Bertz CT molecular complexity index is 616. The lowest BCUT2D eigenvalue weighted by Crippen LogP contribution is -2.02. The number of methoxy groups -OCH3 is 1. The summed E-state index contributed by atoms with van der Waals surface area (Å²) < 4.78 is 17.8. The van der Waals surface area contributed by atoms with Gasteiger partial charge >= 0.3 is 5.97 Å². The molecule has 5 heteroatoms. The van der Waals surface area contributed by atoms with Gasteiger partial charge in [-0.3, -0.25) is 0 Å². The van der Waals surface area contributed by atoms with Gasteiger partial charge in [0.05, 0.1) is 12.7 Å². The van der Waals surface area contributed by atoms with Gasteiger partial charge in [0.2, 0.25) is 0 Å². The molecule has 0 aromatic heterocycles. The van der Waals surface area contributed by atoms with Gasteiger partial charge < -0.3 is 10.5 Å². The molecule has 0 spiro atoms. The molecule has 98 valence electrons. The molecule has 0 saturated carbocycles. The molecule has 3 nitrogen and oxygen atoms in total. The molecule has 0 bridgehead atoms. The van der Waals surface area contributed by atoms with E-state index in [4.69, 9.17) is 5.73 Å². The van der Waals surface area contributed by atoms with Crippen LogP contribution in [0.3, 0.4) is 0 Å². The van der Waals surface area contributed by atoms with Crippen molar-refractivity contribution in [2.24, 2.45) is 0 Å². The minimum Gasteiger partial charge on any atom is -0.465 e. The minimum atomic E-state index is -0.430. The largest absolute Gasteiger partial charge is 0.465 e. The summed E-state index contributed by atoms with van der Waals surface area (Å²) in [6.45, 7) is 0. The predicted octanol–water partition coefficient (Wildman–Crippen LogP) is 3.35. The summed E-state index contributed by atoms with van der Waals surface area (Å²) in [5, 5.41) is 0. The molecule has 0 unspecified atom stereocenters. The number of carbonyl (C=O) groups excluding carboxylic acids is 1. The summed E-state index contributed by atoms with van der Waals surface area (Å²) in [7, 11) is 1.32. The second-order valence-electron chi connectivity index (χ2n) is 3.80. The molecule has 0 amide bonds. The van der Waals surface area contributed by atoms with E-state index in [0.717, 1.165) is 0 Å². The van der Waals surface area contributed by atoms with Gasteiger partial charge in [0, 0.05) is 15.5 Å². The number of rotatable bonds is 3. The fraction of sp³-hybridized carbons (Fsp3) is 0.0714. The van der Waals surface area contributed by atoms with Gasteiger partial charge in [-0.15, -0.1) is 0 Å². The number of halogens is 1. The number of hydrogen-bond donors (Lipinski definition) is 1. The average molecular weight is 277 g/mol. The van der Waals surface area contributed by atoms with E-state index in [1.54, 1.807) is 30.3 Å². The van der Waals surface area contributed by atoms with Gasteiger partial charge in [-0.05, 0) is 36.4 Å². The number of nitrogens with two attached hydrogens (primary N) is 1. The van der Waals surface area contributed by atoms with Crippen LogP contribution in [0.2, 0.25) is 0 Å². The molecular weight excluding hydrogens is 265 g/mol. The molecule has 0 heterocycles. The molecule has 0 aliphatic rings. The molecule has 19 heavy (non-hydrogen) atoms. The van der Waals surface area contributed by atoms with Crippen molar-refractivity contribution in [3.05, 3.63) is 53.8 Å². The first-order chi connectivity index (χ1) is 9.10. The SMILES string of the molecule is COC(=O)c1ccc(N)c(Sc2cccc(F)c2)c1. The first-order valence-corrected chi connectivity index (χ1v) is 6.33. The second kappa shape index (κ2) is 5.75. The fourth-order valence-electron chi connectivity index (χ4n) is 1.53. The molecule has 2 N–H and O–H groups in total. The molecule has 0 atom stereocenters. The molecule has 2 aromatic rings. The van der Waals surface area contributed by atoms with E-state index in [1.165, 1.54) is 31.0 Å². The summed E-state index contributed by atoms with van der Waals surface area (Å²) >= 11 is 1.30. The lowest BCUT2D eigenvalue weighted by atomic mass is 10.2. The van der Waals surface area contributed by atoms with Crippen LogP contribution in [0, 0.1) is 5.82 Å². The van der Waals surface area contributed by atoms with Crippen molar-refractivity contribution in [1.82, 2.24) is 0 Å². The van der Waals surface area contributed by atoms with Crippen LogP contribution >= 0.6 is 11.8 Å². The third-order valence-corrected chi connectivity index (χ3v) is 3.52. The zero-order chi connectivity index (χ0) is 13.8.